The van der Waals surface area contributed by atoms with Crippen molar-refractivity contribution >= 4 is 39.6 Å². The number of ether oxygens (including phenoxy) is 1. The first-order valence-electron chi connectivity index (χ1n) is 9.51. The molecule has 166 valence electrons. The lowest BCUT2D eigenvalue weighted by atomic mass is 10.2. The molecule has 0 saturated heterocycles. The molecule has 11 heteroatoms. The Morgan fingerprint density at radius 1 is 1.26 bits per heavy atom. The van der Waals surface area contributed by atoms with Crippen molar-refractivity contribution < 1.29 is 23.7 Å². The average molecular weight is 546 g/mol. The first-order valence-corrected chi connectivity index (χ1v) is 10.8. The highest BCUT2D eigenvalue weighted by atomic mass is 127. The van der Waals surface area contributed by atoms with Gasteiger partial charge in [0, 0.05) is 24.2 Å². The Balaban J connectivity index is 2.15. The van der Waals surface area contributed by atoms with Crippen molar-refractivity contribution in [1.82, 2.24) is 14.5 Å². The van der Waals surface area contributed by atoms with Gasteiger partial charge in [-0.25, -0.2) is 13.8 Å². The minimum atomic E-state index is -0.959. The van der Waals surface area contributed by atoms with Crippen molar-refractivity contribution in [2.75, 3.05) is 11.4 Å². The summed E-state index contributed by atoms with van der Waals surface area (Å²) in [7, 11) is 0. The molecule has 1 aromatic carbocycles. The summed E-state index contributed by atoms with van der Waals surface area (Å²) in [6.07, 6.45) is 1.29. The number of aliphatic hydroxyl groups excluding tert-OH is 2. The van der Waals surface area contributed by atoms with E-state index in [1.165, 1.54) is 23.8 Å². The van der Waals surface area contributed by atoms with Crippen LogP contribution in [0, 0.1) is 11.6 Å². The largest absolute Gasteiger partial charge is 0.448 e. The molecule has 8 nitrogen and oxygen atoms in total. The maximum Gasteiger partial charge on any atom is 0.295 e. The lowest BCUT2D eigenvalue weighted by molar-refractivity contribution is 0.173. The molecule has 3 aromatic rings. The third-order valence-corrected chi connectivity index (χ3v) is 4.99. The molecule has 0 aliphatic rings. The van der Waals surface area contributed by atoms with E-state index in [0.29, 0.717) is 18.0 Å². The van der Waals surface area contributed by atoms with E-state index >= 15 is 0 Å². The smallest absolute Gasteiger partial charge is 0.295 e. The van der Waals surface area contributed by atoms with Gasteiger partial charge in [0.15, 0.2) is 21.6 Å². The summed E-state index contributed by atoms with van der Waals surface area (Å²) in [5.74, 6) is -2.06. The first-order chi connectivity index (χ1) is 14.7. The Bertz CT molecular complexity index is 1140. The second kappa shape index (κ2) is 9.83. The molecule has 31 heavy (non-hydrogen) atoms. The van der Waals surface area contributed by atoms with Crippen LogP contribution >= 0.6 is 22.6 Å². The van der Waals surface area contributed by atoms with Crippen LogP contribution < -0.4 is 15.2 Å². The molecule has 0 bridgehead atoms. The fourth-order valence-corrected chi connectivity index (χ4v) is 3.52. The maximum atomic E-state index is 14.0. The molecule has 3 rings (SSSR count). The molecule has 2 aromatic heterocycles. The predicted molar refractivity (Wildman–Crippen MR) is 120 cm³/mol. The van der Waals surface area contributed by atoms with E-state index in [4.69, 9.17) is 4.74 Å². The van der Waals surface area contributed by atoms with Crippen LogP contribution in [0.4, 0.5) is 14.7 Å². The fourth-order valence-electron chi connectivity index (χ4n) is 2.99. The number of anilines is 1. The van der Waals surface area contributed by atoms with Gasteiger partial charge in [0.2, 0.25) is 5.95 Å². The number of halogens is 3. The number of hydrogen-bond donors (Lipinski definition) is 2. The van der Waals surface area contributed by atoms with Crippen molar-refractivity contribution in [3.05, 3.63) is 52.5 Å². The summed E-state index contributed by atoms with van der Waals surface area (Å²) >= 11 is 1.82. The van der Waals surface area contributed by atoms with Crippen molar-refractivity contribution in [2.45, 2.75) is 37.2 Å². The van der Waals surface area contributed by atoms with Crippen molar-refractivity contribution in [2.24, 2.45) is 0 Å². The first kappa shape index (κ1) is 23.3. The summed E-state index contributed by atoms with van der Waals surface area (Å²) in [5, 5.41) is 20.3. The third-order valence-electron chi connectivity index (χ3n) is 4.32. The lowest BCUT2D eigenvalue weighted by Crippen LogP contribution is -2.33. The highest BCUT2D eigenvalue weighted by Gasteiger charge is 2.20. The van der Waals surface area contributed by atoms with Crippen LogP contribution in [-0.2, 0) is 6.54 Å². The monoisotopic (exact) mass is 546 g/mol. The number of nitrogens with zero attached hydrogens (tertiary/aromatic N) is 4. The third kappa shape index (κ3) is 5.28. The predicted octanol–water partition coefficient (Wildman–Crippen LogP) is 3.17. The van der Waals surface area contributed by atoms with E-state index in [1.807, 2.05) is 29.5 Å². The summed E-state index contributed by atoms with van der Waals surface area (Å²) < 4.78 is 32.9. The van der Waals surface area contributed by atoms with E-state index < -0.39 is 27.5 Å². The van der Waals surface area contributed by atoms with Gasteiger partial charge in [-0.3, -0.25) is 9.36 Å². The molecule has 0 radical (unpaired) electrons. The summed E-state index contributed by atoms with van der Waals surface area (Å²) in [6.45, 7) is 3.83. The quantitative estimate of drug-likeness (QED) is 0.194. The molecule has 0 aliphatic carbocycles. The van der Waals surface area contributed by atoms with Crippen LogP contribution in [0.1, 0.15) is 20.3 Å². The minimum Gasteiger partial charge on any atom is -0.448 e. The molecule has 2 N–H and O–H groups in total. The van der Waals surface area contributed by atoms with E-state index in [1.54, 1.807) is 4.90 Å². The molecule has 2 heterocycles. The van der Waals surface area contributed by atoms with E-state index in [0.717, 1.165) is 18.6 Å². The van der Waals surface area contributed by atoms with Gasteiger partial charge < -0.3 is 19.8 Å². The van der Waals surface area contributed by atoms with Crippen LogP contribution in [-0.4, -0.2) is 41.6 Å². The molecular weight excluding hydrogens is 525 g/mol. The zero-order valence-electron chi connectivity index (χ0n) is 16.8. The van der Waals surface area contributed by atoms with Crippen molar-refractivity contribution in [3.63, 3.8) is 0 Å². The van der Waals surface area contributed by atoms with Gasteiger partial charge >= 0.3 is 0 Å². The van der Waals surface area contributed by atoms with E-state index in [2.05, 4.69) is 9.97 Å². The molecule has 0 amide bonds. The van der Waals surface area contributed by atoms with Gasteiger partial charge in [0.05, 0.1) is 12.6 Å². The number of pyridine rings is 1. The lowest BCUT2D eigenvalue weighted by Gasteiger charge is -2.24. The fraction of sp³-hybridized carbons (Fsp3) is 0.350. The van der Waals surface area contributed by atoms with Gasteiger partial charge in [-0.2, -0.15) is 4.98 Å². The summed E-state index contributed by atoms with van der Waals surface area (Å²) in [6, 6.07) is 4.10. The van der Waals surface area contributed by atoms with E-state index in [9.17, 15) is 23.8 Å². The number of benzene rings is 1. The normalized spacial score (nSPS) is 13.3. The molecule has 2 unspecified atom stereocenters. The highest BCUT2D eigenvalue weighted by molar-refractivity contribution is 14.1. The second-order valence-corrected chi connectivity index (χ2v) is 8.02. The zero-order valence-corrected chi connectivity index (χ0v) is 19.0. The van der Waals surface area contributed by atoms with Gasteiger partial charge in [0.25, 0.3) is 5.56 Å². The number of aliphatic hydroxyl groups is 2. The van der Waals surface area contributed by atoms with Crippen LogP contribution in [0.5, 0.6) is 11.5 Å². The van der Waals surface area contributed by atoms with Gasteiger partial charge in [-0.15, -0.1) is 0 Å². The van der Waals surface area contributed by atoms with Crippen LogP contribution in [0.15, 0.2) is 35.3 Å². The van der Waals surface area contributed by atoms with Crippen molar-refractivity contribution in [3.8, 4) is 11.5 Å². The number of hydrogen-bond acceptors (Lipinski definition) is 7. The molecule has 0 fully saturated rings. The van der Waals surface area contributed by atoms with Crippen molar-refractivity contribution in [1.29, 1.82) is 0 Å². The van der Waals surface area contributed by atoms with Gasteiger partial charge in [-0.1, -0.05) is 6.92 Å². The number of fused-ring (bicyclic) bond motifs is 1. The molecular formula is C20H21F2IN4O4. The Hall–Kier alpha value is -2.38. The Kier molecular flexibility index (Phi) is 7.38. The highest BCUT2D eigenvalue weighted by Crippen LogP contribution is 2.26. The SMILES string of the molecule is CCCN(c1ncc2cc(Oc3ccc(F)cc3F)c(=O)n(CC(C)O)c2n1)C(O)I. The summed E-state index contributed by atoms with van der Waals surface area (Å²) in [4.78, 5) is 23.3. The average Bonchev–Trinajstić information content (AvgIpc) is 2.70. The molecule has 0 saturated carbocycles. The Morgan fingerprint density at radius 3 is 2.61 bits per heavy atom. The molecule has 0 aliphatic heterocycles. The standard InChI is InChI=1S/C20H21F2IN4O4/c1-3-6-26(19(23)30)20-24-9-12-7-16(31-15-5-4-13(21)8-14(15)22)18(29)27(10-11(2)28)17(12)25-20/h4-5,7-9,11,19,28,30H,3,6,10H2,1-2H3. The van der Waals surface area contributed by atoms with E-state index in [-0.39, 0.29) is 29.6 Å². The zero-order chi connectivity index (χ0) is 22.7. The number of rotatable bonds is 8. The van der Waals surface area contributed by atoms with Crippen LogP contribution in [0.25, 0.3) is 11.0 Å². The number of alkyl halides is 1. The van der Waals surface area contributed by atoms with Crippen LogP contribution in [0.2, 0.25) is 0 Å². The number of aromatic nitrogens is 3. The topological polar surface area (TPSA) is 101 Å². The van der Waals surface area contributed by atoms with Crippen LogP contribution in [0.3, 0.4) is 0 Å². The Morgan fingerprint density at radius 2 is 2.00 bits per heavy atom. The van der Waals surface area contributed by atoms with Gasteiger partial charge in [-0.05, 0) is 54.1 Å². The van der Waals surface area contributed by atoms with Gasteiger partial charge in [0.1, 0.15) is 11.5 Å². The molecule has 2 atom stereocenters. The minimum absolute atomic E-state index is 0.102. The summed E-state index contributed by atoms with van der Waals surface area (Å²) in [5.41, 5.74) is -0.431. The maximum absolute atomic E-state index is 14.0. The second-order valence-electron chi connectivity index (χ2n) is 6.90. The molecule has 0 spiro atoms. The Labute approximate surface area is 190 Å².